The van der Waals surface area contributed by atoms with Gasteiger partial charge >= 0.3 is 0 Å². The van der Waals surface area contributed by atoms with Crippen LogP contribution < -0.4 is 14.8 Å². The van der Waals surface area contributed by atoms with Gasteiger partial charge in [-0.2, -0.15) is 0 Å². The molecule has 2 aromatic carbocycles. The van der Waals surface area contributed by atoms with Crippen molar-refractivity contribution >= 4 is 27.5 Å². The number of rotatable bonds is 9. The molecule has 25 heavy (non-hydrogen) atoms. The van der Waals surface area contributed by atoms with Crippen LogP contribution in [0.25, 0.3) is 0 Å². The average molecular weight is 408 g/mol. The zero-order valence-corrected chi connectivity index (χ0v) is 16.0. The van der Waals surface area contributed by atoms with Gasteiger partial charge in [-0.3, -0.25) is 4.79 Å². The van der Waals surface area contributed by atoms with E-state index in [0.717, 1.165) is 16.6 Å². The van der Waals surface area contributed by atoms with Gasteiger partial charge in [0.1, 0.15) is 18.1 Å². The zero-order chi connectivity index (χ0) is 18.1. The minimum absolute atomic E-state index is 0.249. The second-order valence-corrected chi connectivity index (χ2v) is 6.23. The average Bonchev–Trinajstić information content (AvgIpc) is 2.61. The van der Waals surface area contributed by atoms with Crippen LogP contribution in [0.15, 0.2) is 46.9 Å². The first-order valence-corrected chi connectivity index (χ1v) is 8.89. The SMILES string of the molecule is CCCOc1cccc(NC(=O)c2cc(Br)ccc2OCCOC)c1. The molecule has 134 valence electrons. The van der Waals surface area contributed by atoms with Gasteiger partial charge < -0.3 is 19.5 Å². The first-order chi connectivity index (χ1) is 12.1. The van der Waals surface area contributed by atoms with Crippen LogP contribution in [-0.4, -0.2) is 32.8 Å². The third-order valence-corrected chi connectivity index (χ3v) is 3.79. The van der Waals surface area contributed by atoms with Gasteiger partial charge in [-0.05, 0) is 36.8 Å². The minimum Gasteiger partial charge on any atom is -0.494 e. The van der Waals surface area contributed by atoms with Gasteiger partial charge in [0.05, 0.1) is 18.8 Å². The number of anilines is 1. The number of carbonyl (C=O) groups excluding carboxylic acids is 1. The molecule has 0 aliphatic rings. The largest absolute Gasteiger partial charge is 0.494 e. The molecule has 0 fully saturated rings. The molecule has 0 saturated heterocycles. The summed E-state index contributed by atoms with van der Waals surface area (Å²) in [7, 11) is 1.60. The molecule has 0 unspecified atom stereocenters. The van der Waals surface area contributed by atoms with E-state index in [1.165, 1.54) is 0 Å². The van der Waals surface area contributed by atoms with Crippen molar-refractivity contribution in [1.82, 2.24) is 0 Å². The predicted octanol–water partition coefficient (Wildman–Crippen LogP) is 4.52. The number of nitrogens with one attached hydrogen (secondary N) is 1. The highest BCUT2D eigenvalue weighted by molar-refractivity contribution is 9.10. The van der Waals surface area contributed by atoms with Gasteiger partial charge in [0.25, 0.3) is 5.91 Å². The van der Waals surface area contributed by atoms with Crippen molar-refractivity contribution in [3.05, 3.63) is 52.5 Å². The van der Waals surface area contributed by atoms with Crippen LogP contribution >= 0.6 is 15.9 Å². The molecule has 0 radical (unpaired) electrons. The number of hydrogen-bond donors (Lipinski definition) is 1. The quantitative estimate of drug-likeness (QED) is 0.620. The van der Waals surface area contributed by atoms with Crippen LogP contribution in [0.1, 0.15) is 23.7 Å². The molecule has 1 amide bonds. The first-order valence-electron chi connectivity index (χ1n) is 8.09. The summed E-state index contributed by atoms with van der Waals surface area (Å²) in [6.45, 7) is 3.51. The van der Waals surface area contributed by atoms with Crippen LogP contribution in [-0.2, 0) is 4.74 Å². The summed E-state index contributed by atoms with van der Waals surface area (Å²) in [5.74, 6) is 0.989. The Bertz CT molecular complexity index is 706. The highest BCUT2D eigenvalue weighted by Crippen LogP contribution is 2.25. The third-order valence-electron chi connectivity index (χ3n) is 3.30. The van der Waals surface area contributed by atoms with E-state index in [1.807, 2.05) is 31.2 Å². The summed E-state index contributed by atoms with van der Waals surface area (Å²) in [5.41, 5.74) is 1.12. The molecule has 0 aromatic heterocycles. The monoisotopic (exact) mass is 407 g/mol. The van der Waals surface area contributed by atoms with E-state index in [1.54, 1.807) is 25.3 Å². The lowest BCUT2D eigenvalue weighted by Crippen LogP contribution is -2.15. The third kappa shape index (κ3) is 6.07. The summed E-state index contributed by atoms with van der Waals surface area (Å²) in [5, 5.41) is 2.88. The fraction of sp³-hybridized carbons (Fsp3) is 0.316. The van der Waals surface area contributed by atoms with Gasteiger partial charge in [-0.1, -0.05) is 28.9 Å². The van der Waals surface area contributed by atoms with E-state index in [9.17, 15) is 4.79 Å². The summed E-state index contributed by atoms with van der Waals surface area (Å²) in [6, 6.07) is 12.7. The smallest absolute Gasteiger partial charge is 0.259 e. The molecule has 6 heteroatoms. The molecule has 0 bridgehead atoms. The van der Waals surface area contributed by atoms with Crippen molar-refractivity contribution in [2.24, 2.45) is 0 Å². The van der Waals surface area contributed by atoms with Crippen molar-refractivity contribution in [2.75, 3.05) is 32.2 Å². The molecular weight excluding hydrogens is 386 g/mol. The highest BCUT2D eigenvalue weighted by Gasteiger charge is 2.14. The van der Waals surface area contributed by atoms with Crippen LogP contribution in [0.3, 0.4) is 0 Å². The van der Waals surface area contributed by atoms with E-state index in [2.05, 4.69) is 21.2 Å². The molecule has 0 heterocycles. The Hall–Kier alpha value is -2.05. The molecule has 0 aliphatic carbocycles. The summed E-state index contributed by atoms with van der Waals surface area (Å²) in [6.07, 6.45) is 0.927. The van der Waals surface area contributed by atoms with Crippen molar-refractivity contribution < 1.29 is 19.0 Å². The Morgan fingerprint density at radius 1 is 1.08 bits per heavy atom. The molecular formula is C19H22BrNO4. The number of carbonyl (C=O) groups is 1. The summed E-state index contributed by atoms with van der Waals surface area (Å²) in [4.78, 5) is 12.7. The van der Waals surface area contributed by atoms with E-state index in [0.29, 0.717) is 36.8 Å². The summed E-state index contributed by atoms with van der Waals surface area (Å²) < 4.78 is 17.0. The number of methoxy groups -OCH3 is 1. The van der Waals surface area contributed by atoms with Crippen LogP contribution in [0.2, 0.25) is 0 Å². The van der Waals surface area contributed by atoms with Crippen molar-refractivity contribution in [3.8, 4) is 11.5 Å². The van der Waals surface area contributed by atoms with E-state index in [-0.39, 0.29) is 5.91 Å². The highest BCUT2D eigenvalue weighted by atomic mass is 79.9. The Labute approximate surface area is 156 Å². The lowest BCUT2D eigenvalue weighted by atomic mass is 10.2. The van der Waals surface area contributed by atoms with Gasteiger partial charge in [0.2, 0.25) is 0 Å². The van der Waals surface area contributed by atoms with Gasteiger partial charge in [0.15, 0.2) is 0 Å². The van der Waals surface area contributed by atoms with Crippen LogP contribution in [0, 0.1) is 0 Å². The second kappa shape index (κ2) is 10.1. The Kier molecular flexibility index (Phi) is 7.76. The number of amides is 1. The Morgan fingerprint density at radius 3 is 2.68 bits per heavy atom. The molecule has 2 aromatic rings. The number of benzene rings is 2. The van der Waals surface area contributed by atoms with Crippen LogP contribution in [0.5, 0.6) is 11.5 Å². The molecule has 5 nitrogen and oxygen atoms in total. The van der Waals surface area contributed by atoms with Gasteiger partial charge in [0, 0.05) is 23.3 Å². The fourth-order valence-corrected chi connectivity index (χ4v) is 2.48. The number of ether oxygens (including phenoxy) is 3. The first kappa shape index (κ1) is 19.3. The lowest BCUT2D eigenvalue weighted by molar-refractivity contribution is 0.101. The Morgan fingerprint density at radius 2 is 1.92 bits per heavy atom. The molecule has 0 aliphatic heterocycles. The maximum atomic E-state index is 12.7. The predicted molar refractivity (Wildman–Crippen MR) is 102 cm³/mol. The molecule has 2 rings (SSSR count). The van der Waals surface area contributed by atoms with Gasteiger partial charge in [-0.15, -0.1) is 0 Å². The van der Waals surface area contributed by atoms with E-state index < -0.39 is 0 Å². The van der Waals surface area contributed by atoms with Crippen molar-refractivity contribution in [2.45, 2.75) is 13.3 Å². The number of halogens is 1. The standard InChI is InChI=1S/C19H22BrNO4/c1-3-9-24-16-6-4-5-15(13-16)21-19(22)17-12-14(20)7-8-18(17)25-11-10-23-2/h4-8,12-13H,3,9-11H2,1-2H3,(H,21,22). The number of hydrogen-bond acceptors (Lipinski definition) is 4. The van der Waals surface area contributed by atoms with Crippen molar-refractivity contribution in [1.29, 1.82) is 0 Å². The molecule has 0 spiro atoms. The summed E-state index contributed by atoms with van der Waals surface area (Å²) >= 11 is 3.39. The van der Waals surface area contributed by atoms with E-state index in [4.69, 9.17) is 14.2 Å². The second-order valence-electron chi connectivity index (χ2n) is 5.31. The zero-order valence-electron chi connectivity index (χ0n) is 14.4. The molecule has 0 atom stereocenters. The maximum Gasteiger partial charge on any atom is 0.259 e. The topological polar surface area (TPSA) is 56.8 Å². The fourth-order valence-electron chi connectivity index (χ4n) is 2.12. The molecule has 0 saturated carbocycles. The maximum absolute atomic E-state index is 12.7. The minimum atomic E-state index is -0.249. The lowest BCUT2D eigenvalue weighted by Gasteiger charge is -2.13. The van der Waals surface area contributed by atoms with Gasteiger partial charge in [-0.25, -0.2) is 0 Å². The van der Waals surface area contributed by atoms with Crippen molar-refractivity contribution in [3.63, 3.8) is 0 Å². The normalized spacial score (nSPS) is 10.4. The molecule has 1 N–H and O–H groups in total. The Balaban J connectivity index is 2.13. The van der Waals surface area contributed by atoms with E-state index >= 15 is 0 Å². The van der Waals surface area contributed by atoms with Crippen LogP contribution in [0.4, 0.5) is 5.69 Å².